The van der Waals surface area contributed by atoms with E-state index in [1.165, 1.54) is 22.0 Å². The molecule has 0 fully saturated rings. The van der Waals surface area contributed by atoms with Gasteiger partial charge in [-0.25, -0.2) is 0 Å². The maximum atomic E-state index is 11.9. The highest BCUT2D eigenvalue weighted by molar-refractivity contribution is 7.10. The average molecular weight is 292 g/mol. The van der Waals surface area contributed by atoms with E-state index in [0.717, 1.165) is 4.88 Å². The van der Waals surface area contributed by atoms with Crippen molar-refractivity contribution in [1.82, 2.24) is 9.88 Å². The third-order valence-corrected chi connectivity index (χ3v) is 3.92. The molecule has 1 atom stereocenters. The van der Waals surface area contributed by atoms with Crippen molar-refractivity contribution in [3.8, 4) is 0 Å². The number of pyridine rings is 1. The Morgan fingerprint density at radius 3 is 2.95 bits per heavy atom. The molecule has 0 spiro atoms. The van der Waals surface area contributed by atoms with Gasteiger partial charge in [0.05, 0.1) is 6.10 Å². The lowest BCUT2D eigenvalue weighted by molar-refractivity contribution is 0.0941. The zero-order valence-electron chi connectivity index (χ0n) is 11.1. The number of carbonyl (C=O) groups excluding carboxylic acids is 1. The van der Waals surface area contributed by atoms with E-state index in [4.69, 9.17) is 0 Å². The van der Waals surface area contributed by atoms with Crippen molar-refractivity contribution < 1.29 is 9.90 Å². The molecule has 5 nitrogen and oxygen atoms in total. The number of rotatable bonds is 5. The molecule has 2 heterocycles. The third kappa shape index (κ3) is 3.34. The van der Waals surface area contributed by atoms with Crippen molar-refractivity contribution in [3.63, 3.8) is 0 Å². The van der Waals surface area contributed by atoms with Gasteiger partial charge in [-0.2, -0.15) is 0 Å². The van der Waals surface area contributed by atoms with Crippen LogP contribution < -0.4 is 10.9 Å². The first kappa shape index (κ1) is 14.5. The lowest BCUT2D eigenvalue weighted by atomic mass is 10.2. The molecular formula is C14H16N2O3S. The number of carbonyl (C=O) groups is 1. The number of hydrogen-bond acceptors (Lipinski definition) is 4. The molecule has 0 saturated carbocycles. The molecule has 2 N–H and O–H groups in total. The Hall–Kier alpha value is -1.92. The maximum absolute atomic E-state index is 11.9. The van der Waals surface area contributed by atoms with Crippen molar-refractivity contribution in [2.75, 3.05) is 6.54 Å². The fourth-order valence-corrected chi connectivity index (χ4v) is 2.56. The summed E-state index contributed by atoms with van der Waals surface area (Å²) >= 11 is 1.47. The van der Waals surface area contributed by atoms with E-state index in [2.05, 4.69) is 5.32 Å². The molecule has 106 valence electrons. The number of aliphatic hydroxyl groups is 1. The summed E-state index contributed by atoms with van der Waals surface area (Å²) in [6, 6.07) is 6.86. The zero-order chi connectivity index (χ0) is 14.5. The molecule has 0 aliphatic rings. The van der Waals surface area contributed by atoms with E-state index < -0.39 is 12.0 Å². The van der Waals surface area contributed by atoms with Crippen LogP contribution in [-0.2, 0) is 7.05 Å². The summed E-state index contributed by atoms with van der Waals surface area (Å²) in [6.45, 7) is 0.315. The third-order valence-electron chi connectivity index (χ3n) is 2.94. The standard InChI is InChI=1S/C14H16N2O3S/c1-16-8-2-4-10(14(16)19)13(18)15-7-6-11(17)12-5-3-9-20-12/h2-5,8-9,11,17H,6-7H2,1H3,(H,15,18)/t11-/m1/s1. The van der Waals surface area contributed by atoms with Gasteiger partial charge in [-0.15, -0.1) is 11.3 Å². The van der Waals surface area contributed by atoms with E-state index in [9.17, 15) is 14.7 Å². The van der Waals surface area contributed by atoms with Crippen LogP contribution in [0.4, 0.5) is 0 Å². The predicted octanol–water partition coefficient (Wildman–Crippen LogP) is 1.30. The average Bonchev–Trinajstić information content (AvgIpc) is 2.95. The first-order valence-corrected chi connectivity index (χ1v) is 7.13. The second-order valence-electron chi connectivity index (χ2n) is 4.41. The summed E-state index contributed by atoms with van der Waals surface area (Å²) in [5.74, 6) is -0.412. The largest absolute Gasteiger partial charge is 0.388 e. The normalized spacial score (nSPS) is 12.1. The quantitative estimate of drug-likeness (QED) is 0.872. The minimum atomic E-state index is -0.589. The molecule has 0 unspecified atom stereocenters. The van der Waals surface area contributed by atoms with Crippen LogP contribution in [0.15, 0.2) is 40.6 Å². The number of hydrogen-bond donors (Lipinski definition) is 2. The lowest BCUT2D eigenvalue weighted by Gasteiger charge is -2.09. The van der Waals surface area contributed by atoms with Gasteiger partial charge in [0.2, 0.25) is 0 Å². The Balaban J connectivity index is 1.90. The van der Waals surface area contributed by atoms with Gasteiger partial charge in [-0.1, -0.05) is 6.07 Å². The van der Waals surface area contributed by atoms with Gasteiger partial charge < -0.3 is 15.0 Å². The van der Waals surface area contributed by atoms with Gasteiger partial charge in [-0.3, -0.25) is 9.59 Å². The van der Waals surface area contributed by atoms with Gasteiger partial charge in [0, 0.05) is 24.7 Å². The Kier molecular flexibility index (Phi) is 4.70. The van der Waals surface area contributed by atoms with Crippen LogP contribution in [0.3, 0.4) is 0 Å². The van der Waals surface area contributed by atoms with Gasteiger partial charge >= 0.3 is 0 Å². The number of aromatic nitrogens is 1. The number of nitrogens with zero attached hydrogens (tertiary/aromatic N) is 1. The van der Waals surface area contributed by atoms with E-state index in [0.29, 0.717) is 13.0 Å². The van der Waals surface area contributed by atoms with E-state index in [-0.39, 0.29) is 11.1 Å². The van der Waals surface area contributed by atoms with Crippen LogP contribution in [0.2, 0.25) is 0 Å². The first-order valence-electron chi connectivity index (χ1n) is 6.25. The lowest BCUT2D eigenvalue weighted by Crippen LogP contribution is -2.32. The molecule has 0 aromatic carbocycles. The Bertz CT molecular complexity index is 634. The first-order chi connectivity index (χ1) is 9.59. The minimum Gasteiger partial charge on any atom is -0.388 e. The van der Waals surface area contributed by atoms with Crippen LogP contribution in [0.25, 0.3) is 0 Å². The zero-order valence-corrected chi connectivity index (χ0v) is 11.9. The maximum Gasteiger partial charge on any atom is 0.263 e. The van der Waals surface area contributed by atoms with E-state index in [1.54, 1.807) is 19.3 Å². The van der Waals surface area contributed by atoms with Crippen molar-refractivity contribution in [2.24, 2.45) is 7.05 Å². The fraction of sp³-hybridized carbons (Fsp3) is 0.286. The molecule has 2 aromatic rings. The van der Waals surface area contributed by atoms with Crippen molar-refractivity contribution >= 4 is 17.2 Å². The molecule has 0 aliphatic heterocycles. The molecule has 0 bridgehead atoms. The van der Waals surface area contributed by atoms with Crippen LogP contribution in [0.1, 0.15) is 27.8 Å². The van der Waals surface area contributed by atoms with E-state index >= 15 is 0 Å². The summed E-state index contributed by atoms with van der Waals surface area (Å²) in [5, 5.41) is 14.4. The monoisotopic (exact) mass is 292 g/mol. The van der Waals surface area contributed by atoms with E-state index in [1.807, 2.05) is 17.5 Å². The number of nitrogens with one attached hydrogen (secondary N) is 1. The number of thiophene rings is 1. The molecule has 0 radical (unpaired) electrons. The topological polar surface area (TPSA) is 71.3 Å². The van der Waals surface area contributed by atoms with Gasteiger partial charge in [0.15, 0.2) is 0 Å². The summed E-state index contributed by atoms with van der Waals surface area (Å²) in [5.41, 5.74) is -0.218. The number of aryl methyl sites for hydroxylation is 1. The Morgan fingerprint density at radius 2 is 2.25 bits per heavy atom. The minimum absolute atomic E-state index is 0.112. The molecule has 1 amide bonds. The number of aliphatic hydroxyl groups excluding tert-OH is 1. The van der Waals surface area contributed by atoms with Gasteiger partial charge in [-0.05, 0) is 30.0 Å². The molecule has 6 heteroatoms. The summed E-state index contributed by atoms with van der Waals surface area (Å²) < 4.78 is 1.36. The summed E-state index contributed by atoms with van der Waals surface area (Å²) in [4.78, 5) is 24.5. The van der Waals surface area contributed by atoms with Crippen molar-refractivity contribution in [3.05, 3.63) is 56.6 Å². The molecule has 20 heavy (non-hydrogen) atoms. The molecule has 2 rings (SSSR count). The Morgan fingerprint density at radius 1 is 1.45 bits per heavy atom. The SMILES string of the molecule is Cn1cccc(C(=O)NCC[C@@H](O)c2cccs2)c1=O. The van der Waals surface area contributed by atoms with Crippen LogP contribution in [0.5, 0.6) is 0 Å². The summed E-state index contributed by atoms with van der Waals surface area (Å²) in [6.07, 6.45) is 1.42. The molecule has 2 aromatic heterocycles. The van der Waals surface area contributed by atoms with Crippen LogP contribution in [-0.4, -0.2) is 22.1 Å². The smallest absolute Gasteiger partial charge is 0.263 e. The molecule has 0 saturated heterocycles. The predicted molar refractivity (Wildman–Crippen MR) is 77.9 cm³/mol. The van der Waals surface area contributed by atoms with Gasteiger partial charge in [0.25, 0.3) is 11.5 Å². The van der Waals surface area contributed by atoms with Gasteiger partial charge in [0.1, 0.15) is 5.56 Å². The molecule has 0 aliphatic carbocycles. The van der Waals surface area contributed by atoms with Crippen molar-refractivity contribution in [2.45, 2.75) is 12.5 Å². The van der Waals surface area contributed by atoms with Crippen molar-refractivity contribution in [1.29, 1.82) is 0 Å². The highest BCUT2D eigenvalue weighted by atomic mass is 32.1. The highest BCUT2D eigenvalue weighted by Crippen LogP contribution is 2.20. The Labute approximate surface area is 120 Å². The second-order valence-corrected chi connectivity index (χ2v) is 5.39. The second kappa shape index (κ2) is 6.49. The highest BCUT2D eigenvalue weighted by Gasteiger charge is 2.12. The fourth-order valence-electron chi connectivity index (χ4n) is 1.81. The molecular weight excluding hydrogens is 276 g/mol. The number of amides is 1. The summed E-state index contributed by atoms with van der Waals surface area (Å²) in [7, 11) is 1.60. The van der Waals surface area contributed by atoms with Crippen LogP contribution >= 0.6 is 11.3 Å². The van der Waals surface area contributed by atoms with Crippen LogP contribution in [0, 0.1) is 0 Å².